The van der Waals surface area contributed by atoms with E-state index >= 15 is 0 Å². The number of halogens is 1. The van der Waals surface area contributed by atoms with Gasteiger partial charge in [-0.05, 0) is 37.6 Å². The lowest BCUT2D eigenvalue weighted by atomic mass is 10.1. The molecule has 102 valence electrons. The molecule has 1 unspecified atom stereocenters. The number of thioether (sulfide) groups is 1. The van der Waals surface area contributed by atoms with Gasteiger partial charge in [-0.15, -0.1) is 11.8 Å². The summed E-state index contributed by atoms with van der Waals surface area (Å²) in [5, 5.41) is 4.46. The fourth-order valence-electron chi connectivity index (χ4n) is 1.80. The van der Waals surface area contributed by atoms with E-state index in [1.54, 1.807) is 0 Å². The summed E-state index contributed by atoms with van der Waals surface area (Å²) in [6.07, 6.45) is 5.04. The molecule has 0 aliphatic rings. The second kappa shape index (κ2) is 9.71. The highest BCUT2D eigenvalue weighted by molar-refractivity contribution is 7.99. The highest BCUT2D eigenvalue weighted by Gasteiger charge is 2.07. The van der Waals surface area contributed by atoms with Crippen LogP contribution in [0, 0.1) is 0 Å². The minimum absolute atomic E-state index is 0.619. The van der Waals surface area contributed by atoms with Crippen molar-refractivity contribution < 1.29 is 0 Å². The lowest BCUT2D eigenvalue weighted by Crippen LogP contribution is -2.31. The predicted molar refractivity (Wildman–Crippen MR) is 83.8 cm³/mol. The lowest BCUT2D eigenvalue weighted by Gasteiger charge is -2.17. The summed E-state index contributed by atoms with van der Waals surface area (Å²) in [5.41, 5.74) is 0. The maximum absolute atomic E-state index is 6.00. The number of rotatable bonds is 9. The van der Waals surface area contributed by atoms with Crippen molar-refractivity contribution >= 4 is 23.4 Å². The molecule has 0 amide bonds. The molecule has 1 nitrogen and oxygen atoms in total. The molecule has 0 aliphatic carbocycles. The van der Waals surface area contributed by atoms with Gasteiger partial charge in [-0.2, -0.15) is 0 Å². The van der Waals surface area contributed by atoms with Crippen molar-refractivity contribution in [2.75, 3.05) is 12.3 Å². The average Bonchev–Trinajstić information content (AvgIpc) is 2.38. The van der Waals surface area contributed by atoms with Crippen molar-refractivity contribution in [1.29, 1.82) is 0 Å². The first-order chi connectivity index (χ1) is 8.76. The zero-order valence-corrected chi connectivity index (χ0v) is 13.0. The molecule has 0 aliphatic heterocycles. The third-order valence-corrected chi connectivity index (χ3v) is 4.23. The fraction of sp³-hybridized carbons (Fsp3) is 0.600. The Balaban J connectivity index is 2.39. The fourth-order valence-corrected chi connectivity index (χ4v) is 3.12. The SMILES string of the molecule is CCCCC(CSc1cccc(Cl)c1)NCCC. The molecular weight excluding hydrogens is 262 g/mol. The predicted octanol–water partition coefficient (Wildman–Crippen LogP) is 4.99. The van der Waals surface area contributed by atoms with Crippen LogP contribution in [0.1, 0.15) is 39.5 Å². The van der Waals surface area contributed by atoms with Gasteiger partial charge in [0, 0.05) is 21.7 Å². The highest BCUT2D eigenvalue weighted by atomic mass is 35.5. The van der Waals surface area contributed by atoms with Crippen LogP contribution < -0.4 is 5.32 Å². The quantitative estimate of drug-likeness (QED) is 0.642. The Morgan fingerprint density at radius 1 is 1.28 bits per heavy atom. The van der Waals surface area contributed by atoms with E-state index in [0.717, 1.165) is 17.3 Å². The van der Waals surface area contributed by atoms with Crippen LogP contribution in [-0.2, 0) is 0 Å². The minimum atomic E-state index is 0.619. The van der Waals surface area contributed by atoms with Gasteiger partial charge in [0.15, 0.2) is 0 Å². The summed E-state index contributed by atoms with van der Waals surface area (Å²) in [7, 11) is 0. The second-order valence-electron chi connectivity index (χ2n) is 4.56. The topological polar surface area (TPSA) is 12.0 Å². The molecule has 0 heterocycles. The van der Waals surface area contributed by atoms with Crippen LogP contribution in [0.4, 0.5) is 0 Å². The van der Waals surface area contributed by atoms with Crippen LogP contribution in [0.3, 0.4) is 0 Å². The zero-order valence-electron chi connectivity index (χ0n) is 11.4. The normalized spacial score (nSPS) is 12.6. The summed E-state index contributed by atoms with van der Waals surface area (Å²) in [6.45, 7) is 5.58. The minimum Gasteiger partial charge on any atom is -0.313 e. The van der Waals surface area contributed by atoms with Gasteiger partial charge in [-0.25, -0.2) is 0 Å². The van der Waals surface area contributed by atoms with Gasteiger partial charge in [0.25, 0.3) is 0 Å². The Bertz CT molecular complexity index is 322. The van der Waals surface area contributed by atoms with Crippen LogP contribution in [0.25, 0.3) is 0 Å². The zero-order chi connectivity index (χ0) is 13.2. The molecular formula is C15H24ClNS. The molecule has 0 spiro atoms. The lowest BCUT2D eigenvalue weighted by molar-refractivity contribution is 0.501. The van der Waals surface area contributed by atoms with E-state index in [4.69, 9.17) is 11.6 Å². The van der Waals surface area contributed by atoms with Crippen LogP contribution in [0.2, 0.25) is 5.02 Å². The average molecular weight is 286 g/mol. The largest absolute Gasteiger partial charge is 0.313 e. The number of hydrogen-bond acceptors (Lipinski definition) is 2. The molecule has 0 bridgehead atoms. The van der Waals surface area contributed by atoms with Crippen molar-refractivity contribution in [3.63, 3.8) is 0 Å². The van der Waals surface area contributed by atoms with E-state index in [9.17, 15) is 0 Å². The molecule has 1 aromatic carbocycles. The summed E-state index contributed by atoms with van der Waals surface area (Å²) in [5.74, 6) is 1.13. The molecule has 18 heavy (non-hydrogen) atoms. The summed E-state index contributed by atoms with van der Waals surface area (Å²) in [6, 6.07) is 8.74. The number of nitrogens with one attached hydrogen (secondary N) is 1. The molecule has 1 rings (SSSR count). The molecule has 0 radical (unpaired) electrons. The van der Waals surface area contributed by atoms with E-state index < -0.39 is 0 Å². The number of unbranched alkanes of at least 4 members (excludes halogenated alkanes) is 1. The van der Waals surface area contributed by atoms with Crippen molar-refractivity contribution in [2.45, 2.75) is 50.5 Å². The third kappa shape index (κ3) is 6.67. The number of benzene rings is 1. The Labute approximate surface area is 121 Å². The monoisotopic (exact) mass is 285 g/mol. The third-order valence-electron chi connectivity index (χ3n) is 2.84. The van der Waals surface area contributed by atoms with Crippen LogP contribution in [-0.4, -0.2) is 18.3 Å². The molecule has 1 aromatic rings. The maximum atomic E-state index is 6.00. The summed E-state index contributed by atoms with van der Waals surface area (Å²) >= 11 is 7.90. The van der Waals surface area contributed by atoms with Gasteiger partial charge in [0.2, 0.25) is 0 Å². The van der Waals surface area contributed by atoms with E-state index in [-0.39, 0.29) is 0 Å². The number of hydrogen-bond donors (Lipinski definition) is 1. The smallest absolute Gasteiger partial charge is 0.0417 e. The van der Waals surface area contributed by atoms with Crippen molar-refractivity contribution in [3.8, 4) is 0 Å². The first-order valence-electron chi connectivity index (χ1n) is 6.88. The van der Waals surface area contributed by atoms with Crippen LogP contribution in [0.5, 0.6) is 0 Å². The van der Waals surface area contributed by atoms with Gasteiger partial charge in [-0.3, -0.25) is 0 Å². The molecule has 0 saturated heterocycles. The first kappa shape index (κ1) is 15.9. The van der Waals surface area contributed by atoms with E-state index in [1.807, 2.05) is 30.0 Å². The molecule has 0 aromatic heterocycles. The highest BCUT2D eigenvalue weighted by Crippen LogP contribution is 2.23. The molecule has 3 heteroatoms. The molecule has 0 fully saturated rings. The van der Waals surface area contributed by atoms with E-state index in [1.165, 1.54) is 30.6 Å². The van der Waals surface area contributed by atoms with Gasteiger partial charge >= 0.3 is 0 Å². The van der Waals surface area contributed by atoms with Crippen molar-refractivity contribution in [1.82, 2.24) is 5.32 Å². The van der Waals surface area contributed by atoms with E-state index in [0.29, 0.717) is 6.04 Å². The van der Waals surface area contributed by atoms with Gasteiger partial charge in [-0.1, -0.05) is 44.4 Å². The molecule has 1 atom stereocenters. The molecule has 1 N–H and O–H groups in total. The second-order valence-corrected chi connectivity index (χ2v) is 6.09. The van der Waals surface area contributed by atoms with E-state index in [2.05, 4.69) is 25.2 Å². The summed E-state index contributed by atoms with van der Waals surface area (Å²) < 4.78 is 0. The molecule has 0 saturated carbocycles. The first-order valence-corrected chi connectivity index (χ1v) is 8.24. The Morgan fingerprint density at radius 3 is 2.78 bits per heavy atom. The van der Waals surface area contributed by atoms with Crippen LogP contribution >= 0.6 is 23.4 Å². The Morgan fingerprint density at radius 2 is 2.11 bits per heavy atom. The van der Waals surface area contributed by atoms with Gasteiger partial charge in [0.1, 0.15) is 0 Å². The Hall–Kier alpha value is -0.180. The standard InChI is InChI=1S/C15H24ClNS/c1-3-5-8-14(17-10-4-2)12-18-15-9-6-7-13(16)11-15/h6-7,9,11,14,17H,3-5,8,10,12H2,1-2H3. The van der Waals surface area contributed by atoms with Crippen molar-refractivity contribution in [2.24, 2.45) is 0 Å². The van der Waals surface area contributed by atoms with Crippen LogP contribution in [0.15, 0.2) is 29.2 Å². The summed E-state index contributed by atoms with van der Waals surface area (Å²) in [4.78, 5) is 1.27. The maximum Gasteiger partial charge on any atom is 0.0417 e. The van der Waals surface area contributed by atoms with Gasteiger partial charge < -0.3 is 5.32 Å². The Kier molecular flexibility index (Phi) is 8.57. The van der Waals surface area contributed by atoms with Crippen molar-refractivity contribution in [3.05, 3.63) is 29.3 Å². The van der Waals surface area contributed by atoms with Gasteiger partial charge in [0.05, 0.1) is 0 Å².